The van der Waals surface area contributed by atoms with Crippen molar-refractivity contribution in [2.75, 3.05) is 33.4 Å². The number of carbonyl (C=O) groups is 1. The van der Waals surface area contributed by atoms with Gasteiger partial charge >= 0.3 is 0 Å². The molecule has 0 bridgehead atoms. The molecule has 1 aromatic heterocycles. The lowest BCUT2D eigenvalue weighted by molar-refractivity contribution is 0.0954. The number of guanidine groups is 1. The molecule has 0 atom stereocenters. The van der Waals surface area contributed by atoms with E-state index in [4.69, 9.17) is 10.5 Å². The van der Waals surface area contributed by atoms with Gasteiger partial charge in [0.25, 0.3) is 5.91 Å². The van der Waals surface area contributed by atoms with Crippen molar-refractivity contribution in [2.24, 2.45) is 10.7 Å². The van der Waals surface area contributed by atoms with Crippen LogP contribution in [0.1, 0.15) is 10.4 Å². The molecule has 0 unspecified atom stereocenters. The third-order valence-electron chi connectivity index (χ3n) is 2.22. The molecule has 7 heteroatoms. The van der Waals surface area contributed by atoms with Gasteiger partial charge in [-0.2, -0.15) is 0 Å². The van der Waals surface area contributed by atoms with Gasteiger partial charge in [-0.1, -0.05) is 0 Å². The molecule has 1 rings (SSSR count). The molecule has 1 amide bonds. The average Bonchev–Trinajstić information content (AvgIpc) is 2.44. The van der Waals surface area contributed by atoms with E-state index in [-0.39, 0.29) is 5.91 Å². The Balaban J connectivity index is 2.17. The van der Waals surface area contributed by atoms with Crippen molar-refractivity contribution in [1.82, 2.24) is 15.6 Å². The molecule has 0 radical (unpaired) electrons. The first kappa shape index (κ1) is 14.9. The smallest absolute Gasteiger partial charge is 0.252 e. The number of aromatic nitrogens is 1. The molecule has 1 heterocycles. The third kappa shape index (κ3) is 6.37. The van der Waals surface area contributed by atoms with Crippen LogP contribution < -0.4 is 16.4 Å². The first-order chi connectivity index (χ1) is 9.24. The zero-order valence-electron chi connectivity index (χ0n) is 10.9. The maximum atomic E-state index is 11.6. The van der Waals surface area contributed by atoms with E-state index in [1.165, 1.54) is 6.20 Å². The SMILES string of the molecule is COCCN=C(N)NCCNC(=O)c1cccnc1. The van der Waals surface area contributed by atoms with Crippen LogP contribution in [0, 0.1) is 0 Å². The van der Waals surface area contributed by atoms with Crippen molar-refractivity contribution in [3.05, 3.63) is 30.1 Å². The number of nitrogens with zero attached hydrogens (tertiary/aromatic N) is 2. The van der Waals surface area contributed by atoms with Gasteiger partial charge in [0.2, 0.25) is 0 Å². The number of nitrogens with two attached hydrogens (primary N) is 1. The van der Waals surface area contributed by atoms with Crippen LogP contribution in [0.15, 0.2) is 29.5 Å². The fraction of sp³-hybridized carbons (Fsp3) is 0.417. The summed E-state index contributed by atoms with van der Waals surface area (Å²) in [7, 11) is 1.60. The Morgan fingerprint density at radius 3 is 2.95 bits per heavy atom. The van der Waals surface area contributed by atoms with Crippen molar-refractivity contribution in [2.45, 2.75) is 0 Å². The summed E-state index contributed by atoms with van der Waals surface area (Å²) in [4.78, 5) is 19.5. The van der Waals surface area contributed by atoms with Crippen LogP contribution in [-0.4, -0.2) is 50.2 Å². The highest BCUT2D eigenvalue weighted by atomic mass is 16.5. The monoisotopic (exact) mass is 265 g/mol. The average molecular weight is 265 g/mol. The standard InChI is InChI=1S/C12H19N5O2/c1-19-8-7-17-12(13)16-6-5-15-11(18)10-3-2-4-14-9-10/h2-4,9H,5-8H2,1H3,(H,15,18)(H3,13,16,17). The molecule has 0 saturated carbocycles. The second-order valence-corrected chi connectivity index (χ2v) is 3.68. The third-order valence-corrected chi connectivity index (χ3v) is 2.22. The predicted octanol–water partition coefficient (Wildman–Crippen LogP) is -0.638. The minimum atomic E-state index is -0.162. The lowest BCUT2D eigenvalue weighted by Crippen LogP contribution is -2.38. The van der Waals surface area contributed by atoms with Gasteiger partial charge in [0.1, 0.15) is 0 Å². The van der Waals surface area contributed by atoms with Crippen LogP contribution >= 0.6 is 0 Å². The Hall–Kier alpha value is -2.15. The first-order valence-corrected chi connectivity index (χ1v) is 5.95. The van der Waals surface area contributed by atoms with Crippen molar-refractivity contribution in [3.63, 3.8) is 0 Å². The predicted molar refractivity (Wildman–Crippen MR) is 72.9 cm³/mol. The van der Waals surface area contributed by atoms with E-state index >= 15 is 0 Å². The summed E-state index contributed by atoms with van der Waals surface area (Å²) < 4.78 is 4.84. The quantitative estimate of drug-likeness (QED) is 0.346. The normalized spacial score (nSPS) is 11.1. The molecular formula is C12H19N5O2. The zero-order chi connectivity index (χ0) is 13.9. The van der Waals surface area contributed by atoms with Crippen LogP contribution in [-0.2, 0) is 4.74 Å². The van der Waals surface area contributed by atoms with Gasteiger partial charge in [0, 0.05) is 32.6 Å². The van der Waals surface area contributed by atoms with Crippen LogP contribution in [0.3, 0.4) is 0 Å². The topological polar surface area (TPSA) is 102 Å². The van der Waals surface area contributed by atoms with Crippen LogP contribution in [0.4, 0.5) is 0 Å². The largest absolute Gasteiger partial charge is 0.383 e. The molecule has 0 saturated heterocycles. The van der Waals surface area contributed by atoms with Crippen molar-refractivity contribution in [3.8, 4) is 0 Å². The summed E-state index contributed by atoms with van der Waals surface area (Å²) in [5.41, 5.74) is 6.13. The fourth-order valence-electron chi connectivity index (χ4n) is 1.28. The number of rotatable bonds is 7. The van der Waals surface area contributed by atoms with Gasteiger partial charge in [-0.25, -0.2) is 0 Å². The zero-order valence-corrected chi connectivity index (χ0v) is 10.9. The molecule has 0 aliphatic rings. The Labute approximate surface area is 112 Å². The number of carbonyl (C=O) groups excluding carboxylic acids is 1. The lowest BCUT2D eigenvalue weighted by atomic mass is 10.3. The van der Waals surface area contributed by atoms with E-state index in [2.05, 4.69) is 20.6 Å². The molecule has 19 heavy (non-hydrogen) atoms. The maximum Gasteiger partial charge on any atom is 0.252 e. The summed E-state index contributed by atoms with van der Waals surface area (Å²) >= 11 is 0. The van der Waals surface area contributed by atoms with E-state index in [0.717, 1.165) is 0 Å². The number of pyridine rings is 1. The highest BCUT2D eigenvalue weighted by molar-refractivity contribution is 5.93. The van der Waals surface area contributed by atoms with Crippen molar-refractivity contribution < 1.29 is 9.53 Å². The van der Waals surface area contributed by atoms with Crippen LogP contribution in [0.5, 0.6) is 0 Å². The maximum absolute atomic E-state index is 11.6. The molecular weight excluding hydrogens is 246 g/mol. The number of hydrogen-bond donors (Lipinski definition) is 3. The van der Waals surface area contributed by atoms with E-state index in [9.17, 15) is 4.79 Å². The molecule has 0 aliphatic heterocycles. The number of amides is 1. The van der Waals surface area contributed by atoms with E-state index in [1.54, 1.807) is 25.4 Å². The van der Waals surface area contributed by atoms with Gasteiger partial charge in [-0.15, -0.1) is 0 Å². The molecule has 7 nitrogen and oxygen atoms in total. The first-order valence-electron chi connectivity index (χ1n) is 5.95. The molecule has 104 valence electrons. The van der Waals surface area contributed by atoms with Crippen molar-refractivity contribution >= 4 is 11.9 Å². The highest BCUT2D eigenvalue weighted by Gasteiger charge is 2.03. The molecule has 0 aliphatic carbocycles. The van der Waals surface area contributed by atoms with Gasteiger partial charge in [0.05, 0.1) is 18.7 Å². The number of ether oxygens (including phenoxy) is 1. The number of nitrogens with one attached hydrogen (secondary N) is 2. The molecule has 0 spiro atoms. The van der Waals surface area contributed by atoms with E-state index in [0.29, 0.717) is 37.8 Å². The second kappa shape index (κ2) is 8.87. The van der Waals surface area contributed by atoms with Gasteiger partial charge in [-0.05, 0) is 12.1 Å². The molecule has 0 fully saturated rings. The minimum absolute atomic E-state index is 0.162. The number of aliphatic imine (C=N–C) groups is 1. The number of hydrogen-bond acceptors (Lipinski definition) is 4. The summed E-state index contributed by atoms with van der Waals surface area (Å²) in [6, 6.07) is 3.42. The molecule has 0 aromatic carbocycles. The Bertz CT molecular complexity index is 408. The van der Waals surface area contributed by atoms with Gasteiger partial charge in [0.15, 0.2) is 5.96 Å². The minimum Gasteiger partial charge on any atom is -0.383 e. The van der Waals surface area contributed by atoms with Crippen LogP contribution in [0.25, 0.3) is 0 Å². The molecule has 1 aromatic rings. The summed E-state index contributed by atoms with van der Waals surface area (Å²) in [6.07, 6.45) is 3.14. The Kier molecular flexibility index (Phi) is 6.96. The summed E-state index contributed by atoms with van der Waals surface area (Å²) in [6.45, 7) is 2.00. The lowest BCUT2D eigenvalue weighted by Gasteiger charge is -2.07. The van der Waals surface area contributed by atoms with Gasteiger partial charge in [-0.3, -0.25) is 14.8 Å². The summed E-state index contributed by atoms with van der Waals surface area (Å²) in [5.74, 6) is 0.178. The van der Waals surface area contributed by atoms with E-state index < -0.39 is 0 Å². The second-order valence-electron chi connectivity index (χ2n) is 3.68. The van der Waals surface area contributed by atoms with E-state index in [1.807, 2.05) is 0 Å². The van der Waals surface area contributed by atoms with Crippen LogP contribution in [0.2, 0.25) is 0 Å². The Morgan fingerprint density at radius 2 is 2.26 bits per heavy atom. The molecule has 4 N–H and O–H groups in total. The summed E-state index contributed by atoms with van der Waals surface area (Å²) in [5, 5.41) is 5.64. The highest BCUT2D eigenvalue weighted by Crippen LogP contribution is 1.93. The van der Waals surface area contributed by atoms with Crippen molar-refractivity contribution in [1.29, 1.82) is 0 Å². The Morgan fingerprint density at radius 1 is 1.47 bits per heavy atom. The van der Waals surface area contributed by atoms with Gasteiger partial charge < -0.3 is 21.1 Å². The number of methoxy groups -OCH3 is 1. The fourth-order valence-corrected chi connectivity index (χ4v) is 1.28.